The quantitative estimate of drug-likeness (QED) is 0.670. The van der Waals surface area contributed by atoms with Gasteiger partial charge in [0.2, 0.25) is 11.8 Å². The number of rotatable bonds is 7. The zero-order valence-electron chi connectivity index (χ0n) is 10.8. The van der Waals surface area contributed by atoms with Crippen molar-refractivity contribution < 1.29 is 9.59 Å². The number of nitrogens with one attached hydrogen (secondary N) is 2. The Morgan fingerprint density at radius 3 is 2.79 bits per heavy atom. The molecular weight excluding hydrogens is 242 g/mol. The first-order valence-corrected chi connectivity index (χ1v) is 6.54. The third kappa shape index (κ3) is 4.71. The minimum Gasteiger partial charge on any atom is -0.366 e. The smallest absolute Gasteiger partial charge is 0.248 e. The molecule has 0 bridgehead atoms. The van der Waals surface area contributed by atoms with E-state index < -0.39 is 5.91 Å². The van der Waals surface area contributed by atoms with Crippen molar-refractivity contribution in [1.82, 2.24) is 10.6 Å². The van der Waals surface area contributed by atoms with E-state index in [-0.39, 0.29) is 5.91 Å². The van der Waals surface area contributed by atoms with E-state index in [9.17, 15) is 9.59 Å². The molecule has 4 N–H and O–H groups in total. The van der Waals surface area contributed by atoms with Crippen molar-refractivity contribution in [3.63, 3.8) is 0 Å². The highest BCUT2D eigenvalue weighted by molar-refractivity contribution is 5.92. The van der Waals surface area contributed by atoms with Crippen LogP contribution in [0.4, 0.5) is 0 Å². The second-order valence-electron chi connectivity index (χ2n) is 4.82. The molecule has 0 spiro atoms. The van der Waals surface area contributed by atoms with Gasteiger partial charge < -0.3 is 16.4 Å². The molecule has 1 aromatic rings. The standard InChI is InChI=1S/C14H19N3O2/c15-14(19)11-3-1-2-10(8-11)9-17-13(18)6-7-16-12-4-5-12/h1-3,8,12,16H,4-7,9H2,(H2,15,19)(H,17,18). The normalized spacial score (nSPS) is 14.1. The van der Waals surface area contributed by atoms with Gasteiger partial charge in [-0.3, -0.25) is 9.59 Å². The molecule has 0 aliphatic heterocycles. The Labute approximate surface area is 112 Å². The lowest BCUT2D eigenvalue weighted by Crippen LogP contribution is -2.28. The summed E-state index contributed by atoms with van der Waals surface area (Å²) in [5, 5.41) is 6.12. The van der Waals surface area contributed by atoms with E-state index in [1.165, 1.54) is 12.8 Å². The summed E-state index contributed by atoms with van der Waals surface area (Å²) in [7, 11) is 0. The van der Waals surface area contributed by atoms with Crippen molar-refractivity contribution in [2.45, 2.75) is 31.8 Å². The Morgan fingerprint density at radius 1 is 1.32 bits per heavy atom. The first-order valence-electron chi connectivity index (χ1n) is 6.54. The molecule has 5 nitrogen and oxygen atoms in total. The van der Waals surface area contributed by atoms with E-state index in [2.05, 4.69) is 10.6 Å². The van der Waals surface area contributed by atoms with Gasteiger partial charge in [0.05, 0.1) is 0 Å². The summed E-state index contributed by atoms with van der Waals surface area (Å²) in [6, 6.07) is 7.60. The average Bonchev–Trinajstić information content (AvgIpc) is 3.21. The topological polar surface area (TPSA) is 84.2 Å². The largest absolute Gasteiger partial charge is 0.366 e. The number of primary amides is 1. The second-order valence-corrected chi connectivity index (χ2v) is 4.82. The number of amides is 2. The molecule has 1 fully saturated rings. The average molecular weight is 261 g/mol. The predicted octanol–water partition coefficient (Wildman–Crippen LogP) is 0.544. The lowest BCUT2D eigenvalue weighted by atomic mass is 10.1. The maximum absolute atomic E-state index is 11.6. The summed E-state index contributed by atoms with van der Waals surface area (Å²) in [6.45, 7) is 1.14. The zero-order valence-corrected chi connectivity index (χ0v) is 10.8. The fourth-order valence-electron chi connectivity index (χ4n) is 1.80. The molecule has 1 aromatic carbocycles. The second kappa shape index (κ2) is 6.33. The summed E-state index contributed by atoms with van der Waals surface area (Å²) < 4.78 is 0. The van der Waals surface area contributed by atoms with Crippen LogP contribution >= 0.6 is 0 Å². The predicted molar refractivity (Wildman–Crippen MR) is 72.4 cm³/mol. The van der Waals surface area contributed by atoms with Gasteiger partial charge in [-0.05, 0) is 30.5 Å². The highest BCUT2D eigenvalue weighted by Crippen LogP contribution is 2.18. The van der Waals surface area contributed by atoms with Crippen LogP contribution in [-0.2, 0) is 11.3 Å². The van der Waals surface area contributed by atoms with Gasteiger partial charge in [0.1, 0.15) is 0 Å². The number of hydrogen-bond acceptors (Lipinski definition) is 3. The van der Waals surface area contributed by atoms with Gasteiger partial charge in [-0.1, -0.05) is 12.1 Å². The minimum atomic E-state index is -0.457. The van der Waals surface area contributed by atoms with E-state index in [4.69, 9.17) is 5.73 Å². The van der Waals surface area contributed by atoms with Crippen LogP contribution in [-0.4, -0.2) is 24.4 Å². The van der Waals surface area contributed by atoms with Gasteiger partial charge in [-0.25, -0.2) is 0 Å². The van der Waals surface area contributed by atoms with Gasteiger partial charge >= 0.3 is 0 Å². The Hall–Kier alpha value is -1.88. The molecule has 0 aromatic heterocycles. The fourth-order valence-corrected chi connectivity index (χ4v) is 1.80. The third-order valence-electron chi connectivity index (χ3n) is 3.06. The lowest BCUT2D eigenvalue weighted by molar-refractivity contribution is -0.121. The van der Waals surface area contributed by atoms with Crippen LogP contribution in [0, 0.1) is 0 Å². The Balaban J connectivity index is 1.72. The maximum atomic E-state index is 11.6. The summed E-state index contributed by atoms with van der Waals surface area (Å²) in [5.74, 6) is -0.445. The molecule has 102 valence electrons. The third-order valence-corrected chi connectivity index (χ3v) is 3.06. The van der Waals surface area contributed by atoms with Crippen LogP contribution in [0.2, 0.25) is 0 Å². The zero-order chi connectivity index (χ0) is 13.7. The van der Waals surface area contributed by atoms with E-state index in [1.807, 2.05) is 6.07 Å². The van der Waals surface area contributed by atoms with Crippen molar-refractivity contribution in [3.8, 4) is 0 Å². The first-order chi connectivity index (χ1) is 9.15. The summed E-state index contributed by atoms with van der Waals surface area (Å²) >= 11 is 0. The molecule has 0 atom stereocenters. The van der Waals surface area contributed by atoms with Crippen molar-refractivity contribution in [1.29, 1.82) is 0 Å². The molecular formula is C14H19N3O2. The van der Waals surface area contributed by atoms with Crippen LogP contribution in [0.25, 0.3) is 0 Å². The fraction of sp³-hybridized carbons (Fsp3) is 0.429. The Morgan fingerprint density at radius 2 is 2.11 bits per heavy atom. The molecule has 19 heavy (non-hydrogen) atoms. The SMILES string of the molecule is NC(=O)c1cccc(CNC(=O)CCNC2CC2)c1. The monoisotopic (exact) mass is 261 g/mol. The molecule has 5 heteroatoms. The van der Waals surface area contributed by atoms with Gasteiger partial charge in [0.15, 0.2) is 0 Å². The van der Waals surface area contributed by atoms with E-state index in [0.717, 1.165) is 12.1 Å². The van der Waals surface area contributed by atoms with Crippen LogP contribution < -0.4 is 16.4 Å². The summed E-state index contributed by atoms with van der Waals surface area (Å²) in [5.41, 5.74) is 6.54. The summed E-state index contributed by atoms with van der Waals surface area (Å²) in [4.78, 5) is 22.6. The number of nitrogens with two attached hydrogens (primary N) is 1. The molecule has 1 aliphatic carbocycles. The lowest BCUT2D eigenvalue weighted by Gasteiger charge is -2.07. The number of carbonyl (C=O) groups is 2. The molecule has 0 heterocycles. The number of carbonyl (C=O) groups excluding carboxylic acids is 2. The van der Waals surface area contributed by atoms with Crippen LogP contribution in [0.1, 0.15) is 35.2 Å². The Kier molecular flexibility index (Phi) is 4.52. The van der Waals surface area contributed by atoms with E-state index in [1.54, 1.807) is 18.2 Å². The van der Waals surface area contributed by atoms with Crippen molar-refractivity contribution in [2.24, 2.45) is 5.73 Å². The molecule has 2 amide bonds. The highest BCUT2D eigenvalue weighted by atomic mass is 16.1. The van der Waals surface area contributed by atoms with E-state index in [0.29, 0.717) is 24.6 Å². The molecule has 0 unspecified atom stereocenters. The molecule has 1 saturated carbocycles. The van der Waals surface area contributed by atoms with Crippen molar-refractivity contribution in [3.05, 3.63) is 35.4 Å². The van der Waals surface area contributed by atoms with Crippen molar-refractivity contribution >= 4 is 11.8 Å². The molecule has 2 rings (SSSR count). The van der Waals surface area contributed by atoms with Gasteiger partial charge in [-0.15, -0.1) is 0 Å². The van der Waals surface area contributed by atoms with E-state index >= 15 is 0 Å². The molecule has 1 aliphatic rings. The van der Waals surface area contributed by atoms with Crippen LogP contribution in [0.15, 0.2) is 24.3 Å². The van der Waals surface area contributed by atoms with Gasteiger partial charge in [0.25, 0.3) is 0 Å². The molecule has 0 radical (unpaired) electrons. The number of hydrogen-bond donors (Lipinski definition) is 3. The van der Waals surface area contributed by atoms with Crippen LogP contribution in [0.3, 0.4) is 0 Å². The summed E-state index contributed by atoms with van der Waals surface area (Å²) in [6.07, 6.45) is 2.93. The van der Waals surface area contributed by atoms with Crippen LogP contribution in [0.5, 0.6) is 0 Å². The van der Waals surface area contributed by atoms with Gasteiger partial charge in [0, 0.05) is 31.1 Å². The maximum Gasteiger partial charge on any atom is 0.248 e. The highest BCUT2D eigenvalue weighted by Gasteiger charge is 2.19. The number of benzene rings is 1. The first kappa shape index (κ1) is 13.5. The van der Waals surface area contributed by atoms with Crippen molar-refractivity contribution in [2.75, 3.05) is 6.54 Å². The van der Waals surface area contributed by atoms with Gasteiger partial charge in [-0.2, -0.15) is 0 Å². The molecule has 0 saturated heterocycles. The minimum absolute atomic E-state index is 0.0117. The Bertz CT molecular complexity index is 470.